The Hall–Kier alpha value is -1.89. The van der Waals surface area contributed by atoms with E-state index in [1.165, 1.54) is 43.5 Å². The first-order valence-corrected chi connectivity index (χ1v) is 11.1. The smallest absolute Gasteiger partial charge is 0.269 e. The first-order chi connectivity index (χ1) is 12.2. The third kappa shape index (κ3) is 3.13. The van der Waals surface area contributed by atoms with E-state index in [0.717, 1.165) is 25.5 Å². The first kappa shape index (κ1) is 17.5. The van der Waals surface area contributed by atoms with Gasteiger partial charge >= 0.3 is 0 Å². The van der Waals surface area contributed by atoms with E-state index in [4.69, 9.17) is 0 Å². The Morgan fingerprint density at radius 2 is 1.58 bits per heavy atom. The molecular formula is C19H24N2O4S. The highest BCUT2D eigenvalue weighted by Gasteiger charge is 2.54. The number of hydrazine groups is 1. The number of hydrogen-bond donors (Lipinski definition) is 2. The topological polar surface area (TPSA) is 92.3 Å². The minimum Gasteiger partial charge on any atom is -0.273 e. The standard InChI is InChI=1S/C19H24N2O4S/c1-26(24,25)16-4-2-3-15(8-16)17(22)20-21-18(23)19-9-12-5-13(10-19)7-14(6-12)11-19/h2-4,8,12-14H,5-7,9-11H2,1H3,(H,20,22)(H,21,23). The van der Waals surface area contributed by atoms with E-state index in [9.17, 15) is 18.0 Å². The molecule has 1 aromatic carbocycles. The van der Waals surface area contributed by atoms with Gasteiger partial charge in [0.25, 0.3) is 5.91 Å². The van der Waals surface area contributed by atoms with Crippen LogP contribution in [0.5, 0.6) is 0 Å². The highest BCUT2D eigenvalue weighted by Crippen LogP contribution is 2.60. The van der Waals surface area contributed by atoms with Gasteiger partial charge in [-0.2, -0.15) is 0 Å². The van der Waals surface area contributed by atoms with Gasteiger partial charge in [0.05, 0.1) is 10.3 Å². The lowest BCUT2D eigenvalue weighted by Crippen LogP contribution is -2.56. The van der Waals surface area contributed by atoms with Crippen molar-refractivity contribution in [2.24, 2.45) is 23.2 Å². The maximum atomic E-state index is 12.8. The zero-order chi connectivity index (χ0) is 18.5. The molecule has 4 saturated carbocycles. The molecule has 0 atom stereocenters. The van der Waals surface area contributed by atoms with Crippen LogP contribution in [0.15, 0.2) is 29.2 Å². The van der Waals surface area contributed by atoms with Gasteiger partial charge in [-0.1, -0.05) is 6.07 Å². The Morgan fingerprint density at radius 3 is 2.12 bits per heavy atom. The number of amides is 2. The van der Waals surface area contributed by atoms with Crippen LogP contribution in [0.4, 0.5) is 0 Å². The predicted molar refractivity (Wildman–Crippen MR) is 95.8 cm³/mol. The van der Waals surface area contributed by atoms with Crippen LogP contribution in [0.3, 0.4) is 0 Å². The molecule has 26 heavy (non-hydrogen) atoms. The lowest BCUT2D eigenvalue weighted by molar-refractivity contribution is -0.147. The van der Waals surface area contributed by atoms with Gasteiger partial charge < -0.3 is 0 Å². The molecule has 7 heteroatoms. The van der Waals surface area contributed by atoms with E-state index in [1.807, 2.05) is 0 Å². The number of carbonyl (C=O) groups excluding carboxylic acids is 2. The quantitative estimate of drug-likeness (QED) is 0.790. The molecule has 6 nitrogen and oxygen atoms in total. The summed E-state index contributed by atoms with van der Waals surface area (Å²) in [6, 6.07) is 5.81. The van der Waals surface area contributed by atoms with Gasteiger partial charge in [-0.3, -0.25) is 20.4 Å². The van der Waals surface area contributed by atoms with Crippen LogP contribution in [0.25, 0.3) is 0 Å². The van der Waals surface area contributed by atoms with Gasteiger partial charge in [0.15, 0.2) is 9.84 Å². The predicted octanol–water partition coefficient (Wildman–Crippen LogP) is 2.07. The van der Waals surface area contributed by atoms with Crippen molar-refractivity contribution in [3.63, 3.8) is 0 Å². The van der Waals surface area contributed by atoms with Crippen molar-refractivity contribution in [2.75, 3.05) is 6.26 Å². The molecular weight excluding hydrogens is 352 g/mol. The number of nitrogens with one attached hydrogen (secondary N) is 2. The molecule has 4 aliphatic rings. The summed E-state index contributed by atoms with van der Waals surface area (Å²) in [5.41, 5.74) is 4.95. The van der Waals surface area contributed by atoms with Crippen molar-refractivity contribution in [3.8, 4) is 0 Å². The molecule has 0 unspecified atom stereocenters. The number of rotatable bonds is 3. The summed E-state index contributed by atoms with van der Waals surface area (Å²) in [7, 11) is -3.39. The number of hydrogen-bond acceptors (Lipinski definition) is 4. The number of sulfone groups is 1. The Morgan fingerprint density at radius 1 is 1.00 bits per heavy atom. The second-order valence-electron chi connectivity index (χ2n) is 8.41. The Bertz CT molecular complexity index is 827. The molecule has 0 heterocycles. The van der Waals surface area contributed by atoms with Crippen LogP contribution in [0.2, 0.25) is 0 Å². The van der Waals surface area contributed by atoms with Gasteiger partial charge in [-0.05, 0) is 74.5 Å². The third-order valence-corrected chi connectivity index (χ3v) is 7.44. The third-order valence-electron chi connectivity index (χ3n) is 6.33. The van der Waals surface area contributed by atoms with Crippen LogP contribution in [0.1, 0.15) is 48.9 Å². The van der Waals surface area contributed by atoms with Crippen molar-refractivity contribution >= 4 is 21.7 Å². The molecule has 5 rings (SSSR count). The highest BCUT2D eigenvalue weighted by atomic mass is 32.2. The van der Waals surface area contributed by atoms with E-state index in [1.54, 1.807) is 0 Å². The van der Waals surface area contributed by atoms with Crippen molar-refractivity contribution in [1.82, 2.24) is 10.9 Å². The van der Waals surface area contributed by atoms with Crippen LogP contribution >= 0.6 is 0 Å². The van der Waals surface area contributed by atoms with E-state index in [2.05, 4.69) is 10.9 Å². The van der Waals surface area contributed by atoms with Crippen LogP contribution in [-0.4, -0.2) is 26.5 Å². The van der Waals surface area contributed by atoms with Gasteiger partial charge in [-0.15, -0.1) is 0 Å². The summed E-state index contributed by atoms with van der Waals surface area (Å²) in [6.45, 7) is 0. The Balaban J connectivity index is 1.43. The fourth-order valence-electron chi connectivity index (χ4n) is 5.57. The Labute approximate surface area is 153 Å². The normalized spacial score (nSPS) is 32.3. The average molecular weight is 376 g/mol. The van der Waals surface area contributed by atoms with Gasteiger partial charge in [0, 0.05) is 11.8 Å². The molecule has 2 N–H and O–H groups in total. The van der Waals surface area contributed by atoms with E-state index in [-0.39, 0.29) is 21.8 Å². The van der Waals surface area contributed by atoms with Gasteiger partial charge in [0.1, 0.15) is 0 Å². The molecule has 140 valence electrons. The first-order valence-electron chi connectivity index (χ1n) is 9.16. The molecule has 4 bridgehead atoms. The molecule has 2 amide bonds. The fraction of sp³-hybridized carbons (Fsp3) is 0.579. The average Bonchev–Trinajstić information content (AvgIpc) is 2.57. The lowest BCUT2D eigenvalue weighted by atomic mass is 9.49. The summed E-state index contributed by atoms with van der Waals surface area (Å²) >= 11 is 0. The SMILES string of the molecule is CS(=O)(=O)c1cccc(C(=O)NNC(=O)C23CC4CC(CC(C4)C2)C3)c1. The minimum absolute atomic E-state index is 0.0811. The maximum absolute atomic E-state index is 12.8. The second kappa shape index (κ2) is 6.08. The molecule has 4 aliphatic carbocycles. The lowest BCUT2D eigenvalue weighted by Gasteiger charge is -2.55. The largest absolute Gasteiger partial charge is 0.273 e. The summed E-state index contributed by atoms with van der Waals surface area (Å²) in [5.74, 6) is 1.34. The minimum atomic E-state index is -3.39. The zero-order valence-electron chi connectivity index (χ0n) is 14.8. The maximum Gasteiger partial charge on any atom is 0.269 e. The van der Waals surface area contributed by atoms with Gasteiger partial charge in [0.2, 0.25) is 5.91 Å². The summed E-state index contributed by atoms with van der Waals surface area (Å²) < 4.78 is 23.3. The molecule has 0 radical (unpaired) electrons. The van der Waals surface area contributed by atoms with Crippen LogP contribution < -0.4 is 10.9 Å². The monoisotopic (exact) mass is 376 g/mol. The molecule has 0 saturated heterocycles. The number of benzene rings is 1. The van der Waals surface area contributed by atoms with Crippen molar-refractivity contribution < 1.29 is 18.0 Å². The number of carbonyl (C=O) groups is 2. The van der Waals surface area contributed by atoms with Crippen molar-refractivity contribution in [1.29, 1.82) is 0 Å². The van der Waals surface area contributed by atoms with Crippen molar-refractivity contribution in [3.05, 3.63) is 29.8 Å². The molecule has 0 spiro atoms. The zero-order valence-corrected chi connectivity index (χ0v) is 15.6. The van der Waals surface area contributed by atoms with Gasteiger partial charge in [-0.25, -0.2) is 8.42 Å². The van der Waals surface area contributed by atoms with E-state index >= 15 is 0 Å². The molecule has 0 aliphatic heterocycles. The summed E-state index contributed by atoms with van der Waals surface area (Å²) in [5, 5.41) is 0. The molecule has 4 fully saturated rings. The molecule has 0 aromatic heterocycles. The molecule has 1 aromatic rings. The Kier molecular flexibility index (Phi) is 4.10. The van der Waals surface area contributed by atoms with E-state index < -0.39 is 15.7 Å². The van der Waals surface area contributed by atoms with Crippen molar-refractivity contribution in [2.45, 2.75) is 43.4 Å². The highest BCUT2D eigenvalue weighted by molar-refractivity contribution is 7.90. The fourth-order valence-corrected chi connectivity index (χ4v) is 6.24. The summed E-state index contributed by atoms with van der Waals surface area (Å²) in [4.78, 5) is 25.3. The second-order valence-corrected chi connectivity index (χ2v) is 10.4. The van der Waals surface area contributed by atoms with E-state index in [0.29, 0.717) is 17.8 Å². The van der Waals surface area contributed by atoms with Crippen LogP contribution in [0, 0.1) is 23.2 Å². The summed E-state index contributed by atoms with van der Waals surface area (Å²) in [6.07, 6.45) is 7.60. The van der Waals surface area contributed by atoms with Crippen LogP contribution in [-0.2, 0) is 14.6 Å².